The molecule has 0 fully saturated rings. The van der Waals surface area contributed by atoms with Crippen LogP contribution in [0.15, 0.2) is 36.4 Å². The van der Waals surface area contributed by atoms with Crippen LogP contribution >= 0.6 is 0 Å². The summed E-state index contributed by atoms with van der Waals surface area (Å²) in [5, 5.41) is 2.02. The Kier molecular flexibility index (Phi) is 3.06. The fraction of sp³-hybridized carbons (Fsp3) is 0.188. The summed E-state index contributed by atoms with van der Waals surface area (Å²) in [6, 6.07) is 11.6. The van der Waals surface area contributed by atoms with Crippen LogP contribution in [0.3, 0.4) is 0 Å². The van der Waals surface area contributed by atoms with Crippen molar-refractivity contribution in [2.75, 3.05) is 13.7 Å². The summed E-state index contributed by atoms with van der Waals surface area (Å²) >= 11 is 0. The van der Waals surface area contributed by atoms with Crippen LogP contribution in [-0.2, 0) is 4.74 Å². The molecule has 2 aromatic carbocycles. The van der Waals surface area contributed by atoms with Gasteiger partial charge in [-0.15, -0.1) is 0 Å². The van der Waals surface area contributed by atoms with E-state index in [2.05, 4.69) is 4.98 Å². The lowest BCUT2D eigenvalue weighted by molar-refractivity contribution is 0.0528. The number of H-pyrrole nitrogens is 1. The molecule has 0 saturated carbocycles. The summed E-state index contributed by atoms with van der Waals surface area (Å²) in [6.45, 7) is 2.14. The highest BCUT2D eigenvalue weighted by atomic mass is 16.5. The number of nitrogens with one attached hydrogen (secondary N) is 1. The Morgan fingerprint density at radius 1 is 1.20 bits per heavy atom. The van der Waals surface area contributed by atoms with Crippen molar-refractivity contribution >= 4 is 27.8 Å². The number of methoxy groups -OCH3 is 1. The summed E-state index contributed by atoms with van der Waals surface area (Å²) in [7, 11) is 1.59. The van der Waals surface area contributed by atoms with Crippen molar-refractivity contribution in [3.63, 3.8) is 0 Å². The number of rotatable bonds is 3. The molecule has 0 saturated heterocycles. The molecule has 0 spiro atoms. The number of carbonyl (C=O) groups excluding carboxylic acids is 1. The molecule has 3 rings (SSSR count). The highest BCUT2D eigenvalue weighted by molar-refractivity contribution is 6.14. The Labute approximate surface area is 116 Å². The fourth-order valence-electron chi connectivity index (χ4n) is 2.41. The van der Waals surface area contributed by atoms with Crippen LogP contribution in [0.1, 0.15) is 17.3 Å². The van der Waals surface area contributed by atoms with Crippen molar-refractivity contribution in [1.82, 2.24) is 4.98 Å². The third kappa shape index (κ3) is 1.90. The molecule has 0 atom stereocenters. The average molecular weight is 269 g/mol. The van der Waals surface area contributed by atoms with Gasteiger partial charge in [0.15, 0.2) is 0 Å². The fourth-order valence-corrected chi connectivity index (χ4v) is 2.41. The molecule has 3 aromatic rings. The lowest BCUT2D eigenvalue weighted by atomic mass is 10.1. The zero-order valence-electron chi connectivity index (χ0n) is 11.4. The van der Waals surface area contributed by atoms with Gasteiger partial charge in [0.05, 0.1) is 24.8 Å². The van der Waals surface area contributed by atoms with E-state index in [1.165, 1.54) is 0 Å². The third-order valence-electron chi connectivity index (χ3n) is 3.32. The Morgan fingerprint density at radius 2 is 2.00 bits per heavy atom. The lowest BCUT2D eigenvalue weighted by Gasteiger charge is -2.06. The molecule has 1 aromatic heterocycles. The van der Waals surface area contributed by atoms with Gasteiger partial charge in [-0.25, -0.2) is 4.79 Å². The molecule has 0 amide bonds. The molecule has 0 aliphatic carbocycles. The predicted octanol–water partition coefficient (Wildman–Crippen LogP) is 3.51. The molecule has 1 N–H and O–H groups in total. The number of fused-ring (bicyclic) bond motifs is 3. The van der Waals surface area contributed by atoms with Gasteiger partial charge in [0.2, 0.25) is 0 Å². The standard InChI is InChI=1S/C16H15NO3/c1-3-20-16(18)13-9-10(19-2)8-12-11-6-4-5-7-14(11)17-15(12)13/h4-9,17H,3H2,1-2H3. The molecule has 1 heterocycles. The van der Waals surface area contributed by atoms with E-state index < -0.39 is 0 Å². The minimum Gasteiger partial charge on any atom is -0.497 e. The van der Waals surface area contributed by atoms with Gasteiger partial charge in [-0.3, -0.25) is 0 Å². The highest BCUT2D eigenvalue weighted by Crippen LogP contribution is 2.31. The zero-order valence-corrected chi connectivity index (χ0v) is 11.4. The summed E-state index contributed by atoms with van der Waals surface area (Å²) < 4.78 is 10.4. The maximum atomic E-state index is 12.1. The van der Waals surface area contributed by atoms with Crippen LogP contribution in [0.4, 0.5) is 0 Å². The minimum atomic E-state index is -0.344. The second-order valence-electron chi connectivity index (χ2n) is 4.49. The number of aromatic nitrogens is 1. The first-order chi connectivity index (χ1) is 9.74. The Hall–Kier alpha value is -2.49. The number of para-hydroxylation sites is 1. The summed E-state index contributed by atoms with van der Waals surface area (Å²) in [5.74, 6) is 0.299. The number of benzene rings is 2. The van der Waals surface area contributed by atoms with E-state index in [4.69, 9.17) is 9.47 Å². The van der Waals surface area contributed by atoms with E-state index in [1.54, 1.807) is 20.1 Å². The first-order valence-corrected chi connectivity index (χ1v) is 6.50. The summed E-state index contributed by atoms with van der Waals surface area (Å²) in [6.07, 6.45) is 0. The first-order valence-electron chi connectivity index (χ1n) is 6.50. The van der Waals surface area contributed by atoms with E-state index in [-0.39, 0.29) is 5.97 Å². The molecular weight excluding hydrogens is 254 g/mol. The van der Waals surface area contributed by atoms with Crippen LogP contribution in [0.5, 0.6) is 5.75 Å². The molecule has 20 heavy (non-hydrogen) atoms. The molecule has 102 valence electrons. The van der Waals surface area contributed by atoms with Gasteiger partial charge < -0.3 is 14.5 Å². The van der Waals surface area contributed by atoms with Crippen molar-refractivity contribution < 1.29 is 14.3 Å². The van der Waals surface area contributed by atoms with Crippen molar-refractivity contribution in [3.8, 4) is 5.75 Å². The van der Waals surface area contributed by atoms with Crippen molar-refractivity contribution in [3.05, 3.63) is 42.0 Å². The van der Waals surface area contributed by atoms with Gasteiger partial charge in [-0.05, 0) is 25.1 Å². The number of ether oxygens (including phenoxy) is 2. The monoisotopic (exact) mass is 269 g/mol. The quantitative estimate of drug-likeness (QED) is 0.740. The Balaban J connectivity index is 2.35. The molecule has 0 bridgehead atoms. The Morgan fingerprint density at radius 3 is 2.75 bits per heavy atom. The van der Waals surface area contributed by atoms with E-state index >= 15 is 0 Å². The van der Waals surface area contributed by atoms with E-state index in [1.807, 2.05) is 30.3 Å². The van der Waals surface area contributed by atoms with E-state index in [0.717, 1.165) is 21.8 Å². The largest absolute Gasteiger partial charge is 0.497 e. The van der Waals surface area contributed by atoms with E-state index in [0.29, 0.717) is 17.9 Å². The maximum absolute atomic E-state index is 12.1. The molecule has 0 aliphatic rings. The van der Waals surface area contributed by atoms with Gasteiger partial charge in [0.25, 0.3) is 0 Å². The normalized spacial score (nSPS) is 10.9. The molecule has 4 heteroatoms. The second-order valence-corrected chi connectivity index (χ2v) is 4.49. The van der Waals surface area contributed by atoms with Gasteiger partial charge in [-0.2, -0.15) is 0 Å². The number of esters is 1. The van der Waals surface area contributed by atoms with Gasteiger partial charge in [0.1, 0.15) is 5.75 Å². The number of hydrogen-bond acceptors (Lipinski definition) is 3. The molecule has 0 aliphatic heterocycles. The number of carbonyl (C=O) groups is 1. The topological polar surface area (TPSA) is 51.3 Å². The second kappa shape index (κ2) is 4.89. The van der Waals surface area contributed by atoms with Crippen molar-refractivity contribution in [1.29, 1.82) is 0 Å². The lowest BCUT2D eigenvalue weighted by Crippen LogP contribution is -2.05. The van der Waals surface area contributed by atoms with Gasteiger partial charge in [0, 0.05) is 16.3 Å². The molecule has 0 unspecified atom stereocenters. The Bertz CT molecular complexity index is 789. The van der Waals surface area contributed by atoms with Crippen LogP contribution in [-0.4, -0.2) is 24.7 Å². The van der Waals surface area contributed by atoms with Gasteiger partial charge in [-0.1, -0.05) is 18.2 Å². The van der Waals surface area contributed by atoms with Crippen LogP contribution in [0.2, 0.25) is 0 Å². The molecule has 4 nitrogen and oxygen atoms in total. The molecular formula is C16H15NO3. The SMILES string of the molecule is CCOC(=O)c1cc(OC)cc2c1[nH]c1ccccc12. The predicted molar refractivity (Wildman–Crippen MR) is 78.3 cm³/mol. The highest BCUT2D eigenvalue weighted by Gasteiger charge is 2.16. The van der Waals surface area contributed by atoms with Crippen molar-refractivity contribution in [2.24, 2.45) is 0 Å². The maximum Gasteiger partial charge on any atom is 0.340 e. The first kappa shape index (κ1) is 12.5. The average Bonchev–Trinajstić information content (AvgIpc) is 2.85. The van der Waals surface area contributed by atoms with Crippen molar-refractivity contribution in [2.45, 2.75) is 6.92 Å². The third-order valence-corrected chi connectivity index (χ3v) is 3.32. The van der Waals surface area contributed by atoms with Crippen LogP contribution < -0.4 is 4.74 Å². The van der Waals surface area contributed by atoms with Gasteiger partial charge >= 0.3 is 5.97 Å². The minimum absolute atomic E-state index is 0.344. The number of hydrogen-bond donors (Lipinski definition) is 1. The van der Waals surface area contributed by atoms with Crippen LogP contribution in [0.25, 0.3) is 21.8 Å². The zero-order chi connectivity index (χ0) is 14.1. The van der Waals surface area contributed by atoms with Crippen LogP contribution in [0, 0.1) is 0 Å². The van der Waals surface area contributed by atoms with E-state index in [9.17, 15) is 4.79 Å². The molecule has 0 radical (unpaired) electrons. The summed E-state index contributed by atoms with van der Waals surface area (Å²) in [5.41, 5.74) is 2.27. The number of aromatic amines is 1. The summed E-state index contributed by atoms with van der Waals surface area (Å²) in [4.78, 5) is 15.4. The smallest absolute Gasteiger partial charge is 0.340 e.